The highest BCUT2D eigenvalue weighted by molar-refractivity contribution is 5.54. The van der Waals surface area contributed by atoms with Gasteiger partial charge in [-0.2, -0.15) is 13.2 Å². The van der Waals surface area contributed by atoms with Gasteiger partial charge in [-0.05, 0) is 37.7 Å². The Balaban J connectivity index is 2.95. The van der Waals surface area contributed by atoms with E-state index >= 15 is 0 Å². The van der Waals surface area contributed by atoms with Gasteiger partial charge >= 0.3 is 6.18 Å². The molecular formula is C12H13F4N. The van der Waals surface area contributed by atoms with Crippen LogP contribution in [-0.4, -0.2) is 13.6 Å². The predicted molar refractivity (Wildman–Crippen MR) is 59.0 cm³/mol. The van der Waals surface area contributed by atoms with Gasteiger partial charge in [0, 0.05) is 0 Å². The number of hydrogen-bond donors (Lipinski definition) is 1. The third-order valence-electron chi connectivity index (χ3n) is 2.18. The van der Waals surface area contributed by atoms with Crippen molar-refractivity contribution in [3.8, 4) is 0 Å². The van der Waals surface area contributed by atoms with E-state index in [1.54, 1.807) is 13.1 Å². The summed E-state index contributed by atoms with van der Waals surface area (Å²) < 4.78 is 50.6. The molecule has 0 amide bonds. The van der Waals surface area contributed by atoms with Crippen molar-refractivity contribution in [2.75, 3.05) is 13.6 Å². The summed E-state index contributed by atoms with van der Waals surface area (Å²) in [5.74, 6) is -0.885. The summed E-state index contributed by atoms with van der Waals surface area (Å²) in [5, 5.41) is 2.87. The molecule has 0 saturated carbocycles. The van der Waals surface area contributed by atoms with E-state index in [9.17, 15) is 17.6 Å². The minimum Gasteiger partial charge on any atom is -0.319 e. The third kappa shape index (κ3) is 4.19. The Bertz CT molecular complexity index is 396. The van der Waals surface area contributed by atoms with Crippen LogP contribution in [0.3, 0.4) is 0 Å². The molecule has 1 rings (SSSR count). The van der Waals surface area contributed by atoms with Gasteiger partial charge in [-0.1, -0.05) is 18.2 Å². The number of hydrogen-bond acceptors (Lipinski definition) is 1. The molecule has 1 nitrogen and oxygen atoms in total. The second-order valence-electron chi connectivity index (χ2n) is 3.52. The summed E-state index contributed by atoms with van der Waals surface area (Å²) in [6, 6.07) is 2.67. The third-order valence-corrected chi connectivity index (χ3v) is 2.18. The Kier molecular flexibility index (Phi) is 4.69. The highest BCUT2D eigenvalue weighted by atomic mass is 19.4. The fraction of sp³-hybridized carbons (Fsp3) is 0.333. The molecule has 0 heterocycles. The summed E-state index contributed by atoms with van der Waals surface area (Å²) in [7, 11) is 1.76. The molecule has 94 valence electrons. The highest BCUT2D eigenvalue weighted by Gasteiger charge is 2.33. The molecule has 0 radical (unpaired) electrons. The van der Waals surface area contributed by atoms with Crippen LogP contribution in [0, 0.1) is 5.82 Å². The minimum atomic E-state index is -4.54. The van der Waals surface area contributed by atoms with Gasteiger partial charge in [0.15, 0.2) is 0 Å². The molecule has 0 atom stereocenters. The predicted octanol–water partition coefficient (Wildman–Crippen LogP) is 3.47. The first-order chi connectivity index (χ1) is 7.95. The fourth-order valence-corrected chi connectivity index (χ4v) is 1.36. The van der Waals surface area contributed by atoms with Crippen LogP contribution in [0.4, 0.5) is 17.6 Å². The van der Waals surface area contributed by atoms with Gasteiger partial charge in [-0.25, -0.2) is 4.39 Å². The van der Waals surface area contributed by atoms with Crippen molar-refractivity contribution >= 4 is 6.08 Å². The zero-order valence-electron chi connectivity index (χ0n) is 9.31. The number of halogens is 4. The van der Waals surface area contributed by atoms with Gasteiger partial charge < -0.3 is 5.32 Å². The summed E-state index contributed by atoms with van der Waals surface area (Å²) in [4.78, 5) is 0. The summed E-state index contributed by atoms with van der Waals surface area (Å²) in [6.45, 7) is 0.680. The number of alkyl halides is 3. The van der Waals surface area contributed by atoms with E-state index < -0.39 is 17.6 Å². The first-order valence-corrected chi connectivity index (χ1v) is 5.13. The van der Waals surface area contributed by atoms with Crippen LogP contribution in [-0.2, 0) is 6.18 Å². The molecule has 0 fully saturated rings. The minimum absolute atomic E-state index is 0.0185. The largest absolute Gasteiger partial charge is 0.417 e. The van der Waals surface area contributed by atoms with Crippen molar-refractivity contribution < 1.29 is 17.6 Å². The van der Waals surface area contributed by atoms with Crippen molar-refractivity contribution in [2.45, 2.75) is 12.6 Å². The molecule has 0 aromatic heterocycles. The molecular weight excluding hydrogens is 234 g/mol. The molecule has 1 aromatic carbocycles. The highest BCUT2D eigenvalue weighted by Crippen LogP contribution is 2.33. The van der Waals surface area contributed by atoms with Crippen LogP contribution in [0.25, 0.3) is 6.08 Å². The van der Waals surface area contributed by atoms with Crippen molar-refractivity contribution in [3.63, 3.8) is 0 Å². The topological polar surface area (TPSA) is 12.0 Å². The van der Waals surface area contributed by atoms with E-state index in [1.807, 2.05) is 0 Å². The van der Waals surface area contributed by atoms with E-state index in [-0.39, 0.29) is 5.56 Å². The Morgan fingerprint density at radius 1 is 1.29 bits per heavy atom. The number of rotatable bonds is 4. The van der Waals surface area contributed by atoms with Crippen LogP contribution < -0.4 is 5.32 Å². The van der Waals surface area contributed by atoms with Gasteiger partial charge in [-0.3, -0.25) is 0 Å². The normalized spacial score (nSPS) is 12.3. The Hall–Kier alpha value is -1.36. The molecule has 1 N–H and O–H groups in total. The van der Waals surface area contributed by atoms with Crippen molar-refractivity contribution in [1.29, 1.82) is 0 Å². The van der Waals surface area contributed by atoms with E-state index in [4.69, 9.17) is 0 Å². The molecule has 0 aliphatic carbocycles. The number of nitrogens with one attached hydrogen (secondary N) is 1. The van der Waals surface area contributed by atoms with Crippen LogP contribution in [0.5, 0.6) is 0 Å². The molecule has 1 aromatic rings. The van der Waals surface area contributed by atoms with Crippen molar-refractivity contribution in [2.24, 2.45) is 0 Å². The molecule has 0 saturated heterocycles. The monoisotopic (exact) mass is 247 g/mol. The smallest absolute Gasteiger partial charge is 0.319 e. The Morgan fingerprint density at radius 3 is 2.59 bits per heavy atom. The first-order valence-electron chi connectivity index (χ1n) is 5.13. The lowest BCUT2D eigenvalue weighted by molar-refractivity contribution is -0.137. The Labute approximate surface area is 97.1 Å². The van der Waals surface area contributed by atoms with Crippen molar-refractivity contribution in [3.05, 3.63) is 41.2 Å². The Morgan fingerprint density at radius 2 is 2.00 bits per heavy atom. The molecule has 17 heavy (non-hydrogen) atoms. The molecule has 0 aliphatic rings. The van der Waals surface area contributed by atoms with E-state index in [2.05, 4.69) is 5.32 Å². The summed E-state index contributed by atoms with van der Waals surface area (Å²) in [5.41, 5.74) is -0.965. The summed E-state index contributed by atoms with van der Waals surface area (Å²) in [6.07, 6.45) is -0.936. The molecule has 0 spiro atoms. The quantitative estimate of drug-likeness (QED) is 0.634. The first kappa shape index (κ1) is 13.7. The maximum atomic E-state index is 12.8. The van der Waals surface area contributed by atoms with Crippen LogP contribution in [0.15, 0.2) is 24.3 Å². The maximum absolute atomic E-state index is 12.8. The fourth-order valence-electron chi connectivity index (χ4n) is 1.36. The molecule has 5 heteroatoms. The molecule has 0 bridgehead atoms. The van der Waals surface area contributed by atoms with Crippen LogP contribution in [0.1, 0.15) is 17.5 Å². The van der Waals surface area contributed by atoms with E-state index in [1.165, 1.54) is 6.08 Å². The maximum Gasteiger partial charge on any atom is 0.417 e. The standard InChI is InChI=1S/C12H13F4N/c1-17-7-3-2-4-9-5-6-10(13)8-11(9)12(14,15)16/h2,4-6,8,17H,3,7H2,1H3. The average molecular weight is 247 g/mol. The second-order valence-corrected chi connectivity index (χ2v) is 3.52. The summed E-state index contributed by atoms with van der Waals surface area (Å²) >= 11 is 0. The molecule has 0 aliphatic heterocycles. The van der Waals surface area contributed by atoms with E-state index in [0.717, 1.165) is 12.1 Å². The van der Waals surface area contributed by atoms with Gasteiger partial charge in [-0.15, -0.1) is 0 Å². The van der Waals surface area contributed by atoms with Gasteiger partial charge in [0.25, 0.3) is 0 Å². The van der Waals surface area contributed by atoms with E-state index in [0.29, 0.717) is 19.0 Å². The lowest BCUT2D eigenvalue weighted by Crippen LogP contribution is -2.08. The number of benzene rings is 1. The lowest BCUT2D eigenvalue weighted by atomic mass is 10.1. The van der Waals surface area contributed by atoms with Crippen LogP contribution in [0.2, 0.25) is 0 Å². The van der Waals surface area contributed by atoms with Gasteiger partial charge in [0.2, 0.25) is 0 Å². The van der Waals surface area contributed by atoms with Crippen LogP contribution >= 0.6 is 0 Å². The zero-order valence-corrected chi connectivity index (χ0v) is 9.31. The SMILES string of the molecule is CNCCC=Cc1ccc(F)cc1C(F)(F)F. The second kappa shape index (κ2) is 5.82. The zero-order chi connectivity index (χ0) is 12.9. The van der Waals surface area contributed by atoms with Gasteiger partial charge in [0.05, 0.1) is 5.56 Å². The lowest BCUT2D eigenvalue weighted by Gasteiger charge is -2.10. The average Bonchev–Trinajstić information content (AvgIpc) is 2.25. The van der Waals surface area contributed by atoms with Gasteiger partial charge in [0.1, 0.15) is 5.82 Å². The van der Waals surface area contributed by atoms with Crippen molar-refractivity contribution in [1.82, 2.24) is 5.32 Å². The molecule has 0 unspecified atom stereocenters.